The van der Waals surface area contributed by atoms with Crippen molar-refractivity contribution in [1.29, 1.82) is 0 Å². The molecule has 36 heavy (non-hydrogen) atoms. The summed E-state index contributed by atoms with van der Waals surface area (Å²) in [5, 5.41) is 0. The molecule has 4 rings (SSSR count). The molecule has 2 amide bonds. The Morgan fingerprint density at radius 1 is 1.25 bits per heavy atom. The Labute approximate surface area is 213 Å². The summed E-state index contributed by atoms with van der Waals surface area (Å²) in [7, 11) is 0. The molecule has 2 aromatic rings. The fourth-order valence-corrected chi connectivity index (χ4v) is 4.50. The number of carbonyl (C=O) groups is 2. The molecule has 2 aliphatic heterocycles. The zero-order chi connectivity index (χ0) is 25.8. The van der Waals surface area contributed by atoms with E-state index in [9.17, 15) is 18.8 Å². The van der Waals surface area contributed by atoms with Crippen LogP contribution in [-0.2, 0) is 17.7 Å². The van der Waals surface area contributed by atoms with Crippen LogP contribution >= 0.6 is 12.2 Å². The summed E-state index contributed by atoms with van der Waals surface area (Å²) in [6.45, 7) is 4.96. The number of nitrogens with one attached hydrogen (secondary N) is 2. The van der Waals surface area contributed by atoms with Gasteiger partial charge in [-0.15, -0.1) is 0 Å². The van der Waals surface area contributed by atoms with Gasteiger partial charge in [0.2, 0.25) is 5.43 Å². The Hall–Kier alpha value is -3.31. The van der Waals surface area contributed by atoms with E-state index < -0.39 is 17.6 Å². The van der Waals surface area contributed by atoms with Crippen molar-refractivity contribution in [3.63, 3.8) is 0 Å². The van der Waals surface area contributed by atoms with Gasteiger partial charge in [-0.2, -0.15) is 0 Å². The first-order chi connectivity index (χ1) is 17.3. The number of carbonyl (C=O) groups excluding carboxylic acids is 2. The Balaban J connectivity index is 1.58. The van der Waals surface area contributed by atoms with Crippen molar-refractivity contribution in [2.24, 2.45) is 0 Å². The highest BCUT2D eigenvalue weighted by atomic mass is 32.1. The van der Waals surface area contributed by atoms with Gasteiger partial charge in [-0.25, -0.2) is 4.39 Å². The minimum atomic E-state index is -0.718. The molecule has 0 bridgehead atoms. The summed E-state index contributed by atoms with van der Waals surface area (Å²) in [5.41, 5.74) is 5.11. The van der Waals surface area contributed by atoms with Gasteiger partial charge in [0, 0.05) is 18.7 Å². The number of ether oxygens (including phenoxy) is 2. The second-order valence-corrected chi connectivity index (χ2v) is 9.38. The van der Waals surface area contributed by atoms with E-state index >= 15 is 0 Å². The normalized spacial score (nSPS) is 18.8. The summed E-state index contributed by atoms with van der Waals surface area (Å²) in [6.07, 6.45) is 3.37. The monoisotopic (exact) mass is 516 g/mol. The van der Waals surface area contributed by atoms with E-state index in [1.54, 1.807) is 21.6 Å². The quantitative estimate of drug-likeness (QED) is 0.331. The van der Waals surface area contributed by atoms with Crippen molar-refractivity contribution in [3.05, 3.63) is 63.3 Å². The van der Waals surface area contributed by atoms with Gasteiger partial charge in [-0.05, 0) is 37.5 Å². The number of hydrogen-bond donors (Lipinski definition) is 2. The lowest BCUT2D eigenvalue weighted by atomic mass is 10.1. The van der Waals surface area contributed by atoms with E-state index in [4.69, 9.17) is 21.7 Å². The highest BCUT2D eigenvalue weighted by Gasteiger charge is 2.41. The summed E-state index contributed by atoms with van der Waals surface area (Å²) >= 11 is 5.26. The van der Waals surface area contributed by atoms with Gasteiger partial charge in [0.1, 0.15) is 11.4 Å². The Bertz CT molecular complexity index is 1220. The van der Waals surface area contributed by atoms with Gasteiger partial charge in [-0.1, -0.05) is 37.7 Å². The third kappa shape index (κ3) is 5.41. The summed E-state index contributed by atoms with van der Waals surface area (Å²) in [6, 6.07) is 5.79. The van der Waals surface area contributed by atoms with Gasteiger partial charge in [0.05, 0.1) is 24.7 Å². The number of rotatable bonds is 7. The molecule has 1 aromatic heterocycles. The molecular formula is C25H29FN4O5S. The second-order valence-electron chi connectivity index (χ2n) is 8.89. The first kappa shape index (κ1) is 25.8. The number of hydrazine groups is 1. The average Bonchev–Trinajstić information content (AvgIpc) is 2.85. The van der Waals surface area contributed by atoms with Gasteiger partial charge in [-0.3, -0.25) is 25.2 Å². The van der Waals surface area contributed by atoms with Gasteiger partial charge >= 0.3 is 0 Å². The van der Waals surface area contributed by atoms with Gasteiger partial charge in [0.25, 0.3) is 11.8 Å². The number of amides is 2. The van der Waals surface area contributed by atoms with E-state index in [0.29, 0.717) is 19.4 Å². The van der Waals surface area contributed by atoms with E-state index in [1.807, 2.05) is 13.8 Å². The molecule has 9 nitrogen and oxygen atoms in total. The molecule has 0 aliphatic carbocycles. The Morgan fingerprint density at radius 3 is 2.72 bits per heavy atom. The van der Waals surface area contributed by atoms with Crippen molar-refractivity contribution >= 4 is 29.0 Å². The minimum Gasteiger partial charge on any atom is -0.487 e. The SMILES string of the molecule is CCCCOc1c2n(cc(C(=O)NNC(=S)Cc3ccc(F)cc3)c1=O)C[C@@H]1OCC[C@@H](C)N1C2=O. The van der Waals surface area contributed by atoms with Crippen LogP contribution in [0.25, 0.3) is 0 Å². The van der Waals surface area contributed by atoms with Gasteiger partial charge < -0.3 is 18.9 Å². The Kier molecular flexibility index (Phi) is 8.00. The fraction of sp³-hybridized carbons (Fsp3) is 0.440. The topological polar surface area (TPSA) is 102 Å². The predicted octanol–water partition coefficient (Wildman–Crippen LogP) is 2.56. The lowest BCUT2D eigenvalue weighted by Gasteiger charge is -2.44. The van der Waals surface area contributed by atoms with E-state index in [0.717, 1.165) is 12.0 Å². The number of thiocarbonyl (C=S) groups is 1. The maximum atomic E-state index is 13.4. The number of nitrogens with zero attached hydrogens (tertiary/aromatic N) is 2. The number of unbranched alkanes of at least 4 members (excludes halogenated alkanes) is 1. The number of hydrogen-bond acceptors (Lipinski definition) is 6. The third-order valence-electron chi connectivity index (χ3n) is 6.24. The second kappa shape index (κ2) is 11.2. The molecule has 2 N–H and O–H groups in total. The number of pyridine rings is 1. The van der Waals surface area contributed by atoms with E-state index in [2.05, 4.69) is 10.9 Å². The van der Waals surface area contributed by atoms with Crippen LogP contribution in [0.1, 0.15) is 59.5 Å². The molecule has 1 fully saturated rings. The van der Waals surface area contributed by atoms with Crippen LogP contribution in [0, 0.1) is 5.82 Å². The van der Waals surface area contributed by atoms with Gasteiger partial charge in [0.15, 0.2) is 17.7 Å². The number of fused-ring (bicyclic) bond motifs is 2. The molecule has 0 radical (unpaired) electrons. The maximum absolute atomic E-state index is 13.4. The van der Waals surface area contributed by atoms with Crippen molar-refractivity contribution in [2.75, 3.05) is 13.2 Å². The molecule has 1 aromatic carbocycles. The van der Waals surface area contributed by atoms with Crippen LogP contribution in [0.5, 0.6) is 5.75 Å². The van der Waals surface area contributed by atoms with Crippen LogP contribution in [0.15, 0.2) is 35.3 Å². The molecule has 0 spiro atoms. The highest BCUT2D eigenvalue weighted by Crippen LogP contribution is 2.30. The smallest absolute Gasteiger partial charge is 0.276 e. The predicted molar refractivity (Wildman–Crippen MR) is 134 cm³/mol. The number of halogens is 1. The van der Waals surface area contributed by atoms with E-state index in [1.165, 1.54) is 18.3 Å². The summed E-state index contributed by atoms with van der Waals surface area (Å²) in [5.74, 6) is -1.56. The number of aromatic nitrogens is 1. The average molecular weight is 517 g/mol. The zero-order valence-corrected chi connectivity index (χ0v) is 21.0. The number of benzene rings is 1. The van der Waals surface area contributed by atoms with Crippen LogP contribution in [0.4, 0.5) is 4.39 Å². The maximum Gasteiger partial charge on any atom is 0.276 e. The van der Waals surface area contributed by atoms with Crippen LogP contribution < -0.4 is 21.0 Å². The van der Waals surface area contributed by atoms with Crippen LogP contribution in [0.2, 0.25) is 0 Å². The fourth-order valence-electron chi connectivity index (χ4n) is 4.28. The standard InChI is InChI=1S/C25H29FN4O5S/c1-3-4-10-35-23-21-25(33)30-15(2)9-11-34-20(30)14-29(21)13-18(22(23)31)24(32)28-27-19(36)12-16-5-7-17(26)8-6-16/h5-8,13,15,20H,3-4,9-12,14H2,1-2H3,(H,27,36)(H,28,32)/t15-,20+/m1/s1. The molecule has 0 saturated carbocycles. The lowest BCUT2D eigenvalue weighted by Crippen LogP contribution is -2.57. The van der Waals surface area contributed by atoms with Crippen molar-refractivity contribution < 1.29 is 23.5 Å². The first-order valence-electron chi connectivity index (χ1n) is 12.0. The molecule has 3 heterocycles. The Morgan fingerprint density at radius 2 is 2.00 bits per heavy atom. The van der Waals surface area contributed by atoms with E-state index in [-0.39, 0.29) is 59.3 Å². The molecule has 1 saturated heterocycles. The van der Waals surface area contributed by atoms with Crippen molar-refractivity contribution in [2.45, 2.75) is 58.3 Å². The molecule has 11 heteroatoms. The highest BCUT2D eigenvalue weighted by molar-refractivity contribution is 7.80. The molecule has 2 aliphatic rings. The molecule has 0 unspecified atom stereocenters. The summed E-state index contributed by atoms with van der Waals surface area (Å²) < 4.78 is 26.3. The molecule has 192 valence electrons. The van der Waals surface area contributed by atoms with Crippen molar-refractivity contribution in [1.82, 2.24) is 20.3 Å². The first-order valence-corrected chi connectivity index (χ1v) is 12.4. The minimum absolute atomic E-state index is 0.0436. The lowest BCUT2D eigenvalue weighted by molar-refractivity contribution is -0.112. The van der Waals surface area contributed by atoms with Crippen LogP contribution in [-0.4, -0.2) is 51.8 Å². The molecule has 2 atom stereocenters. The van der Waals surface area contributed by atoms with Crippen LogP contribution in [0.3, 0.4) is 0 Å². The molecular weight excluding hydrogens is 487 g/mol. The largest absolute Gasteiger partial charge is 0.487 e. The summed E-state index contributed by atoms with van der Waals surface area (Å²) in [4.78, 5) is 41.6. The van der Waals surface area contributed by atoms with Crippen molar-refractivity contribution in [3.8, 4) is 5.75 Å². The third-order valence-corrected chi connectivity index (χ3v) is 6.49. The zero-order valence-electron chi connectivity index (χ0n) is 20.2.